The normalized spacial score (nSPS) is 27.4. The zero-order valence-corrected chi connectivity index (χ0v) is 10.6. The third-order valence-corrected chi connectivity index (χ3v) is 3.53. The fourth-order valence-electron chi connectivity index (χ4n) is 2.39. The molecule has 1 fully saturated rings. The molecular weight excluding hydrogens is 202 g/mol. The lowest BCUT2D eigenvalue weighted by molar-refractivity contribution is -0.154. The lowest BCUT2D eigenvalue weighted by Crippen LogP contribution is -2.28. The Labute approximate surface area is 98.7 Å². The fourth-order valence-corrected chi connectivity index (χ4v) is 2.39. The SMILES string of the molecule is CCCC(C)OC(=O)C1CCC(CN)CC1. The van der Waals surface area contributed by atoms with Crippen LogP contribution in [0.3, 0.4) is 0 Å². The first kappa shape index (κ1) is 13.5. The van der Waals surface area contributed by atoms with Crippen LogP contribution in [-0.4, -0.2) is 18.6 Å². The second kappa shape index (κ2) is 6.89. The molecule has 3 heteroatoms. The molecule has 16 heavy (non-hydrogen) atoms. The third kappa shape index (κ3) is 4.12. The van der Waals surface area contributed by atoms with Crippen molar-refractivity contribution in [3.8, 4) is 0 Å². The summed E-state index contributed by atoms with van der Waals surface area (Å²) in [5.41, 5.74) is 5.63. The van der Waals surface area contributed by atoms with Crippen LogP contribution < -0.4 is 5.73 Å². The van der Waals surface area contributed by atoms with Gasteiger partial charge < -0.3 is 10.5 Å². The van der Waals surface area contributed by atoms with Crippen molar-refractivity contribution >= 4 is 5.97 Å². The summed E-state index contributed by atoms with van der Waals surface area (Å²) < 4.78 is 5.43. The van der Waals surface area contributed by atoms with E-state index in [-0.39, 0.29) is 18.0 Å². The van der Waals surface area contributed by atoms with Gasteiger partial charge >= 0.3 is 5.97 Å². The topological polar surface area (TPSA) is 52.3 Å². The number of rotatable bonds is 5. The number of nitrogens with two attached hydrogens (primary N) is 1. The Morgan fingerprint density at radius 2 is 2.00 bits per heavy atom. The van der Waals surface area contributed by atoms with Crippen LogP contribution in [0.5, 0.6) is 0 Å². The smallest absolute Gasteiger partial charge is 0.309 e. The lowest BCUT2D eigenvalue weighted by Gasteiger charge is -2.27. The van der Waals surface area contributed by atoms with E-state index in [0.29, 0.717) is 5.92 Å². The number of ether oxygens (including phenoxy) is 1. The van der Waals surface area contributed by atoms with Crippen molar-refractivity contribution < 1.29 is 9.53 Å². The minimum atomic E-state index is 0.0106. The van der Waals surface area contributed by atoms with Gasteiger partial charge in [-0.1, -0.05) is 13.3 Å². The second-order valence-corrected chi connectivity index (χ2v) is 4.99. The van der Waals surface area contributed by atoms with Gasteiger partial charge in [-0.05, 0) is 51.5 Å². The van der Waals surface area contributed by atoms with Crippen molar-refractivity contribution in [3.05, 3.63) is 0 Å². The van der Waals surface area contributed by atoms with Gasteiger partial charge in [-0.25, -0.2) is 0 Å². The molecule has 1 rings (SSSR count). The van der Waals surface area contributed by atoms with Crippen molar-refractivity contribution in [2.24, 2.45) is 17.6 Å². The number of carbonyl (C=O) groups is 1. The first-order valence-electron chi connectivity index (χ1n) is 6.57. The number of esters is 1. The Morgan fingerprint density at radius 3 is 2.50 bits per heavy atom. The van der Waals surface area contributed by atoms with Crippen LogP contribution in [0.15, 0.2) is 0 Å². The summed E-state index contributed by atoms with van der Waals surface area (Å²) in [5, 5.41) is 0. The zero-order chi connectivity index (χ0) is 12.0. The lowest BCUT2D eigenvalue weighted by atomic mass is 9.82. The Morgan fingerprint density at radius 1 is 1.38 bits per heavy atom. The number of carbonyl (C=O) groups excluding carboxylic acids is 1. The molecule has 1 aliphatic rings. The summed E-state index contributed by atoms with van der Waals surface area (Å²) in [6.07, 6.45) is 6.18. The maximum absolute atomic E-state index is 11.8. The van der Waals surface area contributed by atoms with Crippen molar-refractivity contribution in [1.82, 2.24) is 0 Å². The van der Waals surface area contributed by atoms with Gasteiger partial charge in [0.25, 0.3) is 0 Å². The molecule has 2 N–H and O–H groups in total. The summed E-state index contributed by atoms with van der Waals surface area (Å²) in [4.78, 5) is 11.8. The van der Waals surface area contributed by atoms with Gasteiger partial charge in [-0.2, -0.15) is 0 Å². The van der Waals surface area contributed by atoms with E-state index in [2.05, 4.69) is 6.92 Å². The van der Waals surface area contributed by atoms with Crippen LogP contribution >= 0.6 is 0 Å². The van der Waals surface area contributed by atoms with Crippen LogP contribution in [0.25, 0.3) is 0 Å². The molecule has 0 heterocycles. The quantitative estimate of drug-likeness (QED) is 0.734. The van der Waals surface area contributed by atoms with Crippen LogP contribution in [0, 0.1) is 11.8 Å². The average molecular weight is 227 g/mol. The number of hydrogen-bond donors (Lipinski definition) is 1. The van der Waals surface area contributed by atoms with Gasteiger partial charge in [0.15, 0.2) is 0 Å². The minimum absolute atomic E-state index is 0.0106. The zero-order valence-electron chi connectivity index (χ0n) is 10.6. The van der Waals surface area contributed by atoms with Crippen LogP contribution in [0.1, 0.15) is 52.4 Å². The molecule has 0 saturated heterocycles. The van der Waals surface area contributed by atoms with Gasteiger partial charge in [-0.3, -0.25) is 4.79 Å². The molecule has 0 aromatic heterocycles. The van der Waals surface area contributed by atoms with E-state index in [1.807, 2.05) is 6.92 Å². The summed E-state index contributed by atoms with van der Waals surface area (Å²) in [7, 11) is 0. The Hall–Kier alpha value is -0.570. The van der Waals surface area contributed by atoms with Gasteiger partial charge in [0.05, 0.1) is 12.0 Å². The van der Waals surface area contributed by atoms with Gasteiger partial charge in [0, 0.05) is 0 Å². The highest BCUT2D eigenvalue weighted by atomic mass is 16.5. The molecule has 1 atom stereocenters. The molecule has 0 aromatic rings. The van der Waals surface area contributed by atoms with Gasteiger partial charge in [0.1, 0.15) is 0 Å². The highest BCUT2D eigenvalue weighted by Gasteiger charge is 2.27. The molecule has 0 radical (unpaired) electrons. The van der Waals surface area contributed by atoms with Crippen LogP contribution in [0.4, 0.5) is 0 Å². The largest absolute Gasteiger partial charge is 0.462 e. The predicted molar refractivity (Wildman–Crippen MR) is 65.0 cm³/mol. The molecule has 1 unspecified atom stereocenters. The highest BCUT2D eigenvalue weighted by Crippen LogP contribution is 2.29. The van der Waals surface area contributed by atoms with Crippen LogP contribution in [-0.2, 0) is 9.53 Å². The molecule has 0 bridgehead atoms. The van der Waals surface area contributed by atoms with E-state index in [1.54, 1.807) is 0 Å². The molecule has 0 amide bonds. The first-order chi connectivity index (χ1) is 7.67. The standard InChI is InChI=1S/C13H25NO2/c1-3-4-10(2)16-13(15)12-7-5-11(9-14)6-8-12/h10-12H,3-9,14H2,1-2H3. The molecular formula is C13H25NO2. The minimum Gasteiger partial charge on any atom is -0.462 e. The molecule has 0 aromatic carbocycles. The van der Waals surface area contributed by atoms with E-state index >= 15 is 0 Å². The van der Waals surface area contributed by atoms with E-state index in [1.165, 1.54) is 0 Å². The monoisotopic (exact) mass is 227 g/mol. The predicted octanol–water partition coefficient (Wildman–Crippen LogP) is 2.48. The van der Waals surface area contributed by atoms with E-state index in [9.17, 15) is 4.79 Å². The van der Waals surface area contributed by atoms with E-state index in [4.69, 9.17) is 10.5 Å². The average Bonchev–Trinajstić information content (AvgIpc) is 2.29. The van der Waals surface area contributed by atoms with Gasteiger partial charge in [0.2, 0.25) is 0 Å². The van der Waals surface area contributed by atoms with E-state index in [0.717, 1.165) is 45.1 Å². The summed E-state index contributed by atoms with van der Waals surface area (Å²) in [6, 6.07) is 0. The van der Waals surface area contributed by atoms with Crippen LogP contribution in [0.2, 0.25) is 0 Å². The number of hydrogen-bond acceptors (Lipinski definition) is 3. The van der Waals surface area contributed by atoms with Crippen molar-refractivity contribution in [2.75, 3.05) is 6.54 Å². The Kier molecular flexibility index (Phi) is 5.81. The maximum atomic E-state index is 11.8. The van der Waals surface area contributed by atoms with Crippen molar-refractivity contribution in [1.29, 1.82) is 0 Å². The molecule has 0 aliphatic heterocycles. The van der Waals surface area contributed by atoms with Gasteiger partial charge in [-0.15, -0.1) is 0 Å². The Balaban J connectivity index is 2.27. The van der Waals surface area contributed by atoms with E-state index < -0.39 is 0 Å². The molecule has 1 saturated carbocycles. The summed E-state index contributed by atoms with van der Waals surface area (Å²) in [6.45, 7) is 4.84. The molecule has 94 valence electrons. The fraction of sp³-hybridized carbons (Fsp3) is 0.923. The molecule has 3 nitrogen and oxygen atoms in total. The van der Waals surface area contributed by atoms with Crippen molar-refractivity contribution in [2.45, 2.75) is 58.5 Å². The summed E-state index contributed by atoms with van der Waals surface area (Å²) >= 11 is 0. The Bertz CT molecular complexity index is 210. The molecule has 1 aliphatic carbocycles. The summed E-state index contributed by atoms with van der Waals surface area (Å²) in [5.74, 6) is 0.760. The van der Waals surface area contributed by atoms with Crippen molar-refractivity contribution in [3.63, 3.8) is 0 Å². The first-order valence-corrected chi connectivity index (χ1v) is 6.57. The highest BCUT2D eigenvalue weighted by molar-refractivity contribution is 5.72. The molecule has 0 spiro atoms. The maximum Gasteiger partial charge on any atom is 0.309 e. The second-order valence-electron chi connectivity index (χ2n) is 4.99. The third-order valence-electron chi connectivity index (χ3n) is 3.53.